The first-order valence-electron chi connectivity index (χ1n) is 8.90. The van der Waals surface area contributed by atoms with Crippen molar-refractivity contribution in [2.24, 2.45) is 5.92 Å². The lowest BCUT2D eigenvalue weighted by atomic mass is 10.1. The number of aromatic nitrogens is 2. The smallest absolute Gasteiger partial charge is 0.225 e. The average molecular weight is 356 g/mol. The number of pyridine rings is 1. The van der Waals surface area contributed by atoms with Crippen LogP contribution in [0.25, 0.3) is 0 Å². The summed E-state index contributed by atoms with van der Waals surface area (Å²) in [5.74, 6) is 0.539. The van der Waals surface area contributed by atoms with Crippen molar-refractivity contribution in [3.8, 4) is 0 Å². The molecule has 1 aliphatic rings. The van der Waals surface area contributed by atoms with Crippen LogP contribution in [0.4, 0.5) is 0 Å². The number of hydrogen-bond acceptors (Lipinski definition) is 5. The number of carbonyl (C=O) groups excluding carboxylic acids is 2. The number of nitrogens with one attached hydrogen (secondary N) is 1. The van der Waals surface area contributed by atoms with Gasteiger partial charge in [-0.25, -0.2) is 0 Å². The highest BCUT2D eigenvalue weighted by molar-refractivity contribution is 5.89. The van der Waals surface area contributed by atoms with Gasteiger partial charge in [0, 0.05) is 44.0 Å². The van der Waals surface area contributed by atoms with Crippen LogP contribution in [-0.2, 0) is 22.6 Å². The van der Waals surface area contributed by atoms with Crippen molar-refractivity contribution in [3.63, 3.8) is 0 Å². The van der Waals surface area contributed by atoms with Gasteiger partial charge in [-0.05, 0) is 44.4 Å². The first-order valence-corrected chi connectivity index (χ1v) is 8.90. The van der Waals surface area contributed by atoms with Crippen molar-refractivity contribution in [1.82, 2.24) is 20.4 Å². The Bertz CT molecular complexity index is 753. The summed E-state index contributed by atoms with van der Waals surface area (Å²) in [6, 6.07) is 3.77. The lowest BCUT2D eigenvalue weighted by molar-refractivity contribution is -0.129. The number of aryl methyl sites for hydroxylation is 2. The maximum absolute atomic E-state index is 12.4. The highest BCUT2D eigenvalue weighted by Crippen LogP contribution is 2.20. The molecule has 26 heavy (non-hydrogen) atoms. The van der Waals surface area contributed by atoms with E-state index in [1.807, 2.05) is 26.0 Å². The minimum atomic E-state index is -0.275. The van der Waals surface area contributed by atoms with Crippen LogP contribution in [0.3, 0.4) is 0 Å². The zero-order valence-electron chi connectivity index (χ0n) is 15.2. The van der Waals surface area contributed by atoms with Crippen molar-refractivity contribution in [2.45, 2.75) is 39.7 Å². The van der Waals surface area contributed by atoms with E-state index in [1.165, 1.54) is 0 Å². The van der Waals surface area contributed by atoms with Gasteiger partial charge >= 0.3 is 0 Å². The number of nitrogens with zero attached hydrogens (tertiary/aromatic N) is 3. The summed E-state index contributed by atoms with van der Waals surface area (Å²) < 4.78 is 5.14. The van der Waals surface area contributed by atoms with Crippen molar-refractivity contribution < 1.29 is 14.1 Å². The van der Waals surface area contributed by atoms with E-state index >= 15 is 0 Å². The van der Waals surface area contributed by atoms with Gasteiger partial charge in [0.05, 0.1) is 11.6 Å². The van der Waals surface area contributed by atoms with E-state index in [0.29, 0.717) is 19.6 Å². The van der Waals surface area contributed by atoms with Crippen LogP contribution in [-0.4, -0.2) is 39.9 Å². The highest BCUT2D eigenvalue weighted by Gasteiger charge is 2.33. The van der Waals surface area contributed by atoms with E-state index in [4.69, 9.17) is 4.52 Å². The van der Waals surface area contributed by atoms with Crippen LogP contribution in [0.5, 0.6) is 0 Å². The minimum Gasteiger partial charge on any atom is -0.361 e. The number of amides is 2. The van der Waals surface area contributed by atoms with Gasteiger partial charge in [0.1, 0.15) is 5.76 Å². The van der Waals surface area contributed by atoms with E-state index in [1.54, 1.807) is 17.3 Å². The summed E-state index contributed by atoms with van der Waals surface area (Å²) in [7, 11) is 0. The normalized spacial score (nSPS) is 16.9. The van der Waals surface area contributed by atoms with E-state index in [-0.39, 0.29) is 24.2 Å². The van der Waals surface area contributed by atoms with Crippen LogP contribution >= 0.6 is 0 Å². The van der Waals surface area contributed by atoms with Crippen LogP contribution < -0.4 is 5.32 Å². The van der Waals surface area contributed by atoms with Gasteiger partial charge in [0.15, 0.2) is 0 Å². The second kappa shape index (κ2) is 8.12. The lowest BCUT2D eigenvalue weighted by Crippen LogP contribution is -2.33. The SMILES string of the molecule is Cc1noc(C)c1CCCNC(=O)[C@H]1CC(=O)N(Cc2ccncc2)C1. The van der Waals surface area contributed by atoms with E-state index in [0.717, 1.165) is 35.4 Å². The molecule has 0 bridgehead atoms. The number of carbonyl (C=O) groups is 2. The monoisotopic (exact) mass is 356 g/mol. The standard InChI is InChI=1S/C19H24N4O3/c1-13-17(14(2)26-22-13)4-3-7-21-19(25)16-10-18(24)23(12-16)11-15-5-8-20-9-6-15/h5-6,8-9,16H,3-4,7,10-12H2,1-2H3,(H,21,25)/t16-/m0/s1. The van der Waals surface area contributed by atoms with Gasteiger partial charge in [-0.3, -0.25) is 14.6 Å². The van der Waals surface area contributed by atoms with Crippen LogP contribution in [0.1, 0.15) is 35.4 Å². The fourth-order valence-electron chi connectivity index (χ4n) is 3.29. The maximum Gasteiger partial charge on any atom is 0.225 e. The summed E-state index contributed by atoms with van der Waals surface area (Å²) in [4.78, 5) is 30.2. The lowest BCUT2D eigenvalue weighted by Gasteiger charge is -2.16. The fraction of sp³-hybridized carbons (Fsp3) is 0.474. The second-order valence-corrected chi connectivity index (χ2v) is 6.73. The van der Waals surface area contributed by atoms with Crippen molar-refractivity contribution >= 4 is 11.8 Å². The Balaban J connectivity index is 1.43. The molecule has 0 spiro atoms. The van der Waals surface area contributed by atoms with Gasteiger partial charge in [-0.1, -0.05) is 5.16 Å². The molecule has 1 atom stereocenters. The Kier molecular flexibility index (Phi) is 5.65. The molecule has 2 aromatic heterocycles. The summed E-state index contributed by atoms with van der Waals surface area (Å²) in [6.07, 6.45) is 5.33. The quantitative estimate of drug-likeness (QED) is 0.764. The Labute approximate surface area is 152 Å². The highest BCUT2D eigenvalue weighted by atomic mass is 16.5. The molecule has 2 amide bonds. The molecule has 0 unspecified atom stereocenters. The second-order valence-electron chi connectivity index (χ2n) is 6.73. The van der Waals surface area contributed by atoms with E-state index in [9.17, 15) is 9.59 Å². The van der Waals surface area contributed by atoms with Crippen LogP contribution in [0.15, 0.2) is 29.0 Å². The van der Waals surface area contributed by atoms with E-state index in [2.05, 4.69) is 15.5 Å². The molecular weight excluding hydrogens is 332 g/mol. The summed E-state index contributed by atoms with van der Waals surface area (Å²) in [5, 5.41) is 6.89. The molecule has 0 aromatic carbocycles. The predicted octanol–water partition coefficient (Wildman–Crippen LogP) is 1.78. The fourth-order valence-corrected chi connectivity index (χ4v) is 3.29. The average Bonchev–Trinajstić information content (AvgIpc) is 3.16. The molecule has 0 aliphatic carbocycles. The number of hydrogen-bond donors (Lipinski definition) is 1. The van der Waals surface area contributed by atoms with Crippen molar-refractivity contribution in [1.29, 1.82) is 0 Å². The van der Waals surface area contributed by atoms with Crippen molar-refractivity contribution in [3.05, 3.63) is 47.1 Å². The molecule has 1 saturated heterocycles. The zero-order valence-corrected chi connectivity index (χ0v) is 15.2. The molecule has 3 heterocycles. The Morgan fingerprint density at radius 1 is 1.35 bits per heavy atom. The molecule has 1 N–H and O–H groups in total. The van der Waals surface area contributed by atoms with E-state index < -0.39 is 0 Å². The maximum atomic E-state index is 12.4. The Hall–Kier alpha value is -2.70. The largest absolute Gasteiger partial charge is 0.361 e. The molecule has 0 saturated carbocycles. The molecular formula is C19H24N4O3. The molecule has 1 fully saturated rings. The molecule has 7 heteroatoms. The summed E-state index contributed by atoms with van der Waals surface area (Å²) in [5.41, 5.74) is 3.04. The van der Waals surface area contributed by atoms with Crippen molar-refractivity contribution in [2.75, 3.05) is 13.1 Å². The third-order valence-corrected chi connectivity index (χ3v) is 4.79. The van der Waals surface area contributed by atoms with Gasteiger partial charge < -0.3 is 14.7 Å². The predicted molar refractivity (Wildman–Crippen MR) is 95.1 cm³/mol. The first-order chi connectivity index (χ1) is 12.5. The van der Waals surface area contributed by atoms with Gasteiger partial charge in [-0.2, -0.15) is 0 Å². The Morgan fingerprint density at radius 2 is 2.12 bits per heavy atom. The van der Waals surface area contributed by atoms with Gasteiger partial charge in [0.25, 0.3) is 0 Å². The van der Waals surface area contributed by atoms with Crippen LogP contribution in [0, 0.1) is 19.8 Å². The molecule has 7 nitrogen and oxygen atoms in total. The third-order valence-electron chi connectivity index (χ3n) is 4.79. The molecule has 2 aromatic rings. The molecule has 3 rings (SSSR count). The number of likely N-dealkylation sites (tertiary alicyclic amines) is 1. The number of rotatable bonds is 7. The molecule has 1 aliphatic heterocycles. The zero-order chi connectivity index (χ0) is 18.5. The van der Waals surface area contributed by atoms with Gasteiger partial charge in [-0.15, -0.1) is 0 Å². The van der Waals surface area contributed by atoms with Gasteiger partial charge in [0.2, 0.25) is 11.8 Å². The molecule has 138 valence electrons. The molecule has 0 radical (unpaired) electrons. The first kappa shape index (κ1) is 18.1. The summed E-state index contributed by atoms with van der Waals surface area (Å²) in [6.45, 7) is 5.40. The Morgan fingerprint density at radius 3 is 2.81 bits per heavy atom. The minimum absolute atomic E-state index is 0.0256. The topological polar surface area (TPSA) is 88.3 Å². The van der Waals surface area contributed by atoms with Crippen LogP contribution in [0.2, 0.25) is 0 Å². The third kappa shape index (κ3) is 4.28. The summed E-state index contributed by atoms with van der Waals surface area (Å²) >= 11 is 0.